The summed E-state index contributed by atoms with van der Waals surface area (Å²) in [4.78, 5) is 0. The molecule has 0 heterocycles. The van der Waals surface area contributed by atoms with Crippen molar-refractivity contribution in [2.24, 2.45) is 5.92 Å². The maximum atomic E-state index is 11.6. The Morgan fingerprint density at radius 2 is 2.36 bits per heavy atom. The Morgan fingerprint density at radius 1 is 1.64 bits per heavy atom. The van der Waals surface area contributed by atoms with Crippen LogP contribution in [0.15, 0.2) is 24.0 Å². The molecule has 0 fully saturated rings. The second-order valence-corrected chi connectivity index (χ2v) is 2.56. The molecule has 0 spiro atoms. The lowest BCUT2D eigenvalue weighted by Crippen LogP contribution is -2.01. The van der Waals surface area contributed by atoms with Crippen LogP contribution in [0.3, 0.4) is 0 Å². The van der Waals surface area contributed by atoms with Crippen molar-refractivity contribution < 1.29 is 13.5 Å². The van der Waals surface area contributed by atoms with Crippen molar-refractivity contribution in [3.05, 3.63) is 24.0 Å². The van der Waals surface area contributed by atoms with Crippen LogP contribution in [0.4, 0.5) is 8.78 Å². The number of alkyl halides is 2. The van der Waals surface area contributed by atoms with Gasteiger partial charge in [0.2, 0.25) is 0 Å². The Labute approximate surface area is 64.4 Å². The van der Waals surface area contributed by atoms with Gasteiger partial charge >= 0.3 is 6.61 Å². The molecule has 0 aromatic rings. The molecule has 1 nitrogen and oxygen atoms in total. The molecule has 0 bridgehead atoms. The van der Waals surface area contributed by atoms with Gasteiger partial charge in [-0.15, -0.1) is 0 Å². The van der Waals surface area contributed by atoms with Crippen LogP contribution in [0.5, 0.6) is 0 Å². The minimum atomic E-state index is -2.71. The van der Waals surface area contributed by atoms with Crippen LogP contribution in [0.2, 0.25) is 0 Å². The van der Waals surface area contributed by atoms with Crippen LogP contribution in [0.1, 0.15) is 13.3 Å². The highest BCUT2D eigenvalue weighted by atomic mass is 19.3. The number of hydrogen-bond acceptors (Lipinski definition) is 1. The van der Waals surface area contributed by atoms with E-state index in [0.717, 1.165) is 6.42 Å². The normalized spacial score (nSPS) is 23.6. The summed E-state index contributed by atoms with van der Waals surface area (Å²) < 4.78 is 27.4. The number of rotatable bonds is 2. The van der Waals surface area contributed by atoms with Gasteiger partial charge in [-0.2, -0.15) is 8.78 Å². The standard InChI is InChI=1S/C8H10F2O/c1-6-2-4-7(5-3-6)11-8(9)10/h2,4-6,8H,3H2,1H3. The zero-order valence-corrected chi connectivity index (χ0v) is 6.26. The molecule has 0 radical (unpaired) electrons. The minimum Gasteiger partial charge on any atom is -0.435 e. The van der Waals surface area contributed by atoms with Crippen molar-refractivity contribution >= 4 is 0 Å². The van der Waals surface area contributed by atoms with E-state index in [9.17, 15) is 8.78 Å². The van der Waals surface area contributed by atoms with Crippen molar-refractivity contribution in [1.82, 2.24) is 0 Å². The van der Waals surface area contributed by atoms with E-state index in [1.807, 2.05) is 13.0 Å². The summed E-state index contributed by atoms with van der Waals surface area (Å²) in [6.07, 6.45) is 5.90. The molecule has 0 aliphatic heterocycles. The number of hydrogen-bond donors (Lipinski definition) is 0. The lowest BCUT2D eigenvalue weighted by molar-refractivity contribution is -0.0926. The van der Waals surface area contributed by atoms with E-state index in [-0.39, 0.29) is 5.76 Å². The van der Waals surface area contributed by atoms with Gasteiger partial charge in [0.25, 0.3) is 0 Å². The molecule has 0 aromatic heterocycles. The van der Waals surface area contributed by atoms with Gasteiger partial charge < -0.3 is 4.74 Å². The summed E-state index contributed by atoms with van der Waals surface area (Å²) >= 11 is 0. The zero-order valence-electron chi connectivity index (χ0n) is 6.26. The third-order valence-corrected chi connectivity index (χ3v) is 1.51. The summed E-state index contributed by atoms with van der Waals surface area (Å²) in [5.41, 5.74) is 0. The van der Waals surface area contributed by atoms with Gasteiger partial charge in [0.1, 0.15) is 5.76 Å². The van der Waals surface area contributed by atoms with E-state index in [1.54, 1.807) is 12.2 Å². The van der Waals surface area contributed by atoms with Crippen LogP contribution in [0.25, 0.3) is 0 Å². The first-order valence-electron chi connectivity index (χ1n) is 3.51. The first kappa shape index (κ1) is 8.24. The molecule has 0 amide bonds. The topological polar surface area (TPSA) is 9.23 Å². The van der Waals surface area contributed by atoms with Crippen LogP contribution in [-0.4, -0.2) is 6.61 Å². The highest BCUT2D eigenvalue weighted by Gasteiger charge is 2.08. The highest BCUT2D eigenvalue weighted by molar-refractivity contribution is 5.17. The molecule has 0 saturated heterocycles. The zero-order chi connectivity index (χ0) is 8.27. The predicted octanol–water partition coefficient (Wildman–Crippen LogP) is 2.71. The lowest BCUT2D eigenvalue weighted by atomic mass is 10.0. The van der Waals surface area contributed by atoms with Gasteiger partial charge in [-0.3, -0.25) is 0 Å². The quantitative estimate of drug-likeness (QED) is 0.603. The van der Waals surface area contributed by atoms with Crippen LogP contribution < -0.4 is 0 Å². The Bertz CT molecular complexity index is 185. The summed E-state index contributed by atoms with van der Waals surface area (Å²) in [5, 5.41) is 0. The van der Waals surface area contributed by atoms with Crippen LogP contribution in [-0.2, 0) is 4.74 Å². The van der Waals surface area contributed by atoms with Gasteiger partial charge in [0.05, 0.1) is 0 Å². The minimum absolute atomic E-state index is 0.276. The Kier molecular flexibility index (Phi) is 2.63. The summed E-state index contributed by atoms with van der Waals surface area (Å²) in [5.74, 6) is 0.707. The first-order chi connectivity index (χ1) is 5.18. The van der Waals surface area contributed by atoms with Gasteiger partial charge in [0, 0.05) is 0 Å². The SMILES string of the molecule is CC1C=CC(OC(F)F)=CC1. The number of ether oxygens (including phenoxy) is 1. The molecule has 0 aromatic carbocycles. The average molecular weight is 160 g/mol. The van der Waals surface area contributed by atoms with Crippen molar-refractivity contribution in [3.63, 3.8) is 0 Å². The first-order valence-corrected chi connectivity index (χ1v) is 3.51. The van der Waals surface area contributed by atoms with E-state index in [1.165, 1.54) is 0 Å². The summed E-state index contributed by atoms with van der Waals surface area (Å²) in [6, 6.07) is 0. The molecule has 1 atom stereocenters. The van der Waals surface area contributed by atoms with E-state index in [4.69, 9.17) is 0 Å². The third-order valence-electron chi connectivity index (χ3n) is 1.51. The molecule has 0 N–H and O–H groups in total. The molecule has 1 rings (SSSR count). The van der Waals surface area contributed by atoms with Crippen LogP contribution >= 0.6 is 0 Å². The lowest BCUT2D eigenvalue weighted by Gasteiger charge is -2.11. The molecule has 1 aliphatic rings. The number of halogens is 2. The van der Waals surface area contributed by atoms with Crippen LogP contribution in [0, 0.1) is 5.92 Å². The molecule has 1 aliphatic carbocycles. The molecular formula is C8H10F2O. The second kappa shape index (κ2) is 3.51. The molecule has 3 heteroatoms. The van der Waals surface area contributed by atoms with Gasteiger partial charge in [-0.25, -0.2) is 0 Å². The smallest absolute Gasteiger partial charge is 0.387 e. The Morgan fingerprint density at radius 3 is 2.82 bits per heavy atom. The van der Waals surface area contributed by atoms with Crippen molar-refractivity contribution in [2.75, 3.05) is 0 Å². The van der Waals surface area contributed by atoms with E-state index in [2.05, 4.69) is 4.74 Å². The summed E-state index contributed by atoms with van der Waals surface area (Å²) in [6.45, 7) is -0.689. The molecule has 0 saturated carbocycles. The fourth-order valence-electron chi connectivity index (χ4n) is 0.898. The average Bonchev–Trinajstić information content (AvgIpc) is 1.93. The third kappa shape index (κ3) is 2.70. The van der Waals surface area contributed by atoms with Gasteiger partial charge in [-0.05, 0) is 24.5 Å². The van der Waals surface area contributed by atoms with Crippen molar-refractivity contribution in [2.45, 2.75) is 20.0 Å². The maximum Gasteiger partial charge on any atom is 0.387 e. The molecule has 11 heavy (non-hydrogen) atoms. The molecule has 62 valence electrons. The molecule has 1 unspecified atom stereocenters. The van der Waals surface area contributed by atoms with Crippen molar-refractivity contribution in [1.29, 1.82) is 0 Å². The van der Waals surface area contributed by atoms with E-state index in [0.29, 0.717) is 5.92 Å². The largest absolute Gasteiger partial charge is 0.435 e. The summed E-state index contributed by atoms with van der Waals surface area (Å²) in [7, 11) is 0. The maximum absolute atomic E-state index is 11.6. The van der Waals surface area contributed by atoms with E-state index < -0.39 is 6.61 Å². The Hall–Kier alpha value is -0.860. The van der Waals surface area contributed by atoms with Gasteiger partial charge in [-0.1, -0.05) is 13.0 Å². The van der Waals surface area contributed by atoms with Crippen molar-refractivity contribution in [3.8, 4) is 0 Å². The Balaban J connectivity index is 2.43. The fourth-order valence-corrected chi connectivity index (χ4v) is 0.898. The monoisotopic (exact) mass is 160 g/mol. The van der Waals surface area contributed by atoms with Gasteiger partial charge in [0.15, 0.2) is 0 Å². The second-order valence-electron chi connectivity index (χ2n) is 2.56. The predicted molar refractivity (Wildman–Crippen MR) is 38.1 cm³/mol. The highest BCUT2D eigenvalue weighted by Crippen LogP contribution is 2.17. The van der Waals surface area contributed by atoms with E-state index >= 15 is 0 Å². The number of allylic oxidation sites excluding steroid dienone is 3. The molecular weight excluding hydrogens is 150 g/mol. The fraction of sp³-hybridized carbons (Fsp3) is 0.500.